The Morgan fingerprint density at radius 2 is 1.89 bits per heavy atom. The molecule has 0 saturated carbocycles. The molecule has 0 bridgehead atoms. The number of rotatable bonds is 7. The molecule has 0 fully saturated rings. The molecule has 2 aromatic heterocycles. The molecule has 2 heterocycles. The maximum atomic E-state index is 12.0. The summed E-state index contributed by atoms with van der Waals surface area (Å²) in [6.45, 7) is 10.1. The van der Waals surface area contributed by atoms with E-state index in [4.69, 9.17) is 14.5 Å². The molecular weight excluding hydrogens is 470 g/mol. The average Bonchev–Trinajstić information content (AvgIpc) is 3.43. The van der Waals surface area contributed by atoms with Crippen LogP contribution in [0.25, 0.3) is 21.9 Å². The van der Waals surface area contributed by atoms with Crippen LogP contribution >= 0.6 is 0 Å². The number of nitrogens with one attached hydrogen (secondary N) is 1. The van der Waals surface area contributed by atoms with Crippen molar-refractivity contribution in [3.05, 3.63) is 59.0 Å². The van der Waals surface area contributed by atoms with Crippen LogP contribution in [0.4, 0.5) is 0 Å². The van der Waals surface area contributed by atoms with E-state index < -0.39 is 0 Å². The first-order chi connectivity index (χ1) is 17.5. The van der Waals surface area contributed by atoms with Gasteiger partial charge in [0.25, 0.3) is 6.47 Å². The molecule has 0 aliphatic carbocycles. The summed E-state index contributed by atoms with van der Waals surface area (Å²) in [5.41, 5.74) is 6.09. The minimum absolute atomic E-state index is 0.141. The largest absolute Gasteiger partial charge is 0.496 e. The van der Waals surface area contributed by atoms with E-state index >= 15 is 0 Å². The summed E-state index contributed by atoms with van der Waals surface area (Å²) in [5, 5.41) is 1.11. The number of carbonyl (C=O) groups is 2. The van der Waals surface area contributed by atoms with Crippen molar-refractivity contribution in [3.63, 3.8) is 0 Å². The maximum absolute atomic E-state index is 12.0. The molecule has 4 aromatic rings. The second kappa shape index (κ2) is 11.5. The van der Waals surface area contributed by atoms with Crippen molar-refractivity contribution in [3.8, 4) is 5.75 Å². The lowest BCUT2D eigenvalue weighted by Gasteiger charge is -2.20. The SMILES string of the molecule is CC(C)(C)OC=O.COC(=O)CCC(c1nc2ccc(C)cc2[nH]1)c1c(OC)cc(C)c2c1ccn2C. The van der Waals surface area contributed by atoms with Crippen molar-refractivity contribution in [2.45, 2.75) is 59.0 Å². The van der Waals surface area contributed by atoms with Crippen molar-refractivity contribution in [1.29, 1.82) is 0 Å². The van der Waals surface area contributed by atoms with E-state index in [0.29, 0.717) is 19.3 Å². The molecule has 0 amide bonds. The standard InChI is InChI=1S/C24H27N3O3.C5H10O2/c1-14-6-8-18-19(12-14)26-24(25-18)17(7-9-21(28)30-5)22-16-10-11-27(3)23(16)15(2)13-20(22)29-4;1-5(2,3)7-4-6/h6,8,10-13,17H,7,9H2,1-5H3,(H,25,26);4H,1-3H3. The van der Waals surface area contributed by atoms with E-state index in [0.717, 1.165) is 44.6 Å². The van der Waals surface area contributed by atoms with Crippen LogP contribution in [-0.2, 0) is 26.1 Å². The van der Waals surface area contributed by atoms with Crippen molar-refractivity contribution < 1.29 is 23.8 Å². The van der Waals surface area contributed by atoms with Crippen LogP contribution in [0.5, 0.6) is 5.75 Å². The third-order valence-corrected chi connectivity index (χ3v) is 6.17. The highest BCUT2D eigenvalue weighted by molar-refractivity contribution is 5.90. The van der Waals surface area contributed by atoms with Crippen LogP contribution in [0.1, 0.15) is 62.0 Å². The molecule has 1 N–H and O–H groups in total. The van der Waals surface area contributed by atoms with Gasteiger partial charge in [-0.1, -0.05) is 6.07 Å². The van der Waals surface area contributed by atoms with Crippen LogP contribution < -0.4 is 4.74 Å². The first-order valence-electron chi connectivity index (χ1n) is 12.3. The predicted molar refractivity (Wildman–Crippen MR) is 145 cm³/mol. The topological polar surface area (TPSA) is 95.4 Å². The number of carbonyl (C=O) groups excluding carboxylic acids is 2. The lowest BCUT2D eigenvalue weighted by Crippen LogP contribution is -2.17. The van der Waals surface area contributed by atoms with Gasteiger partial charge in [0, 0.05) is 36.5 Å². The molecule has 4 rings (SSSR count). The number of imidazole rings is 1. The highest BCUT2D eigenvalue weighted by Gasteiger charge is 2.27. The number of ether oxygens (including phenoxy) is 3. The Morgan fingerprint density at radius 1 is 1.16 bits per heavy atom. The highest BCUT2D eigenvalue weighted by atomic mass is 16.5. The summed E-state index contributed by atoms with van der Waals surface area (Å²) in [6, 6.07) is 10.3. The quantitative estimate of drug-likeness (QED) is 0.254. The molecule has 1 atom stereocenters. The Morgan fingerprint density at radius 3 is 2.49 bits per heavy atom. The van der Waals surface area contributed by atoms with Crippen LogP contribution in [0, 0.1) is 13.8 Å². The highest BCUT2D eigenvalue weighted by Crippen LogP contribution is 2.41. The van der Waals surface area contributed by atoms with Crippen LogP contribution in [-0.4, -0.2) is 46.8 Å². The lowest BCUT2D eigenvalue weighted by atomic mass is 9.89. The smallest absolute Gasteiger partial charge is 0.305 e. The summed E-state index contributed by atoms with van der Waals surface area (Å²) in [5.74, 6) is 1.25. The Kier molecular flexibility index (Phi) is 8.63. The molecule has 0 radical (unpaired) electrons. The number of aromatic amines is 1. The fourth-order valence-electron chi connectivity index (χ4n) is 4.48. The average molecular weight is 508 g/mol. The fourth-order valence-corrected chi connectivity index (χ4v) is 4.48. The number of benzene rings is 2. The lowest BCUT2D eigenvalue weighted by molar-refractivity contribution is -0.141. The summed E-state index contributed by atoms with van der Waals surface area (Å²) in [7, 11) is 5.15. The van der Waals surface area contributed by atoms with E-state index in [1.807, 2.05) is 33.9 Å². The Hall–Kier alpha value is -3.81. The van der Waals surface area contributed by atoms with E-state index in [9.17, 15) is 9.59 Å². The van der Waals surface area contributed by atoms with E-state index in [2.05, 4.69) is 58.6 Å². The van der Waals surface area contributed by atoms with Crippen LogP contribution in [0.15, 0.2) is 36.5 Å². The normalized spacial score (nSPS) is 12.1. The number of H-pyrrole nitrogens is 1. The number of fused-ring (bicyclic) bond motifs is 2. The number of methoxy groups -OCH3 is 2. The Labute approximate surface area is 217 Å². The molecule has 1 unspecified atom stereocenters. The minimum Gasteiger partial charge on any atom is -0.496 e. The molecule has 8 nitrogen and oxygen atoms in total. The van der Waals surface area contributed by atoms with Gasteiger partial charge in [0.15, 0.2) is 0 Å². The molecule has 2 aromatic carbocycles. The fraction of sp³-hybridized carbons (Fsp3) is 0.414. The predicted octanol–water partition coefficient (Wildman–Crippen LogP) is 5.72. The molecular formula is C29H37N3O5. The second-order valence-corrected chi connectivity index (χ2v) is 10.1. The molecule has 198 valence electrons. The maximum Gasteiger partial charge on any atom is 0.305 e. The van der Waals surface area contributed by atoms with Crippen molar-refractivity contribution in [2.24, 2.45) is 7.05 Å². The zero-order valence-electron chi connectivity index (χ0n) is 23.0. The summed E-state index contributed by atoms with van der Waals surface area (Å²) in [6.07, 6.45) is 2.91. The molecule has 0 spiro atoms. The number of hydrogen-bond donors (Lipinski definition) is 1. The van der Waals surface area contributed by atoms with Gasteiger partial charge in [0.1, 0.15) is 17.2 Å². The Balaban J connectivity index is 0.000000479. The van der Waals surface area contributed by atoms with Gasteiger partial charge < -0.3 is 23.8 Å². The van der Waals surface area contributed by atoms with Crippen molar-refractivity contribution >= 4 is 34.4 Å². The summed E-state index contributed by atoms with van der Waals surface area (Å²) < 4.78 is 17.4. The van der Waals surface area contributed by atoms with E-state index in [-0.39, 0.29) is 17.5 Å². The number of hydrogen-bond acceptors (Lipinski definition) is 6. The van der Waals surface area contributed by atoms with E-state index in [1.54, 1.807) is 7.11 Å². The van der Waals surface area contributed by atoms with Gasteiger partial charge in [0.2, 0.25) is 0 Å². The molecule has 0 aliphatic heterocycles. The van der Waals surface area contributed by atoms with Crippen LogP contribution in [0.3, 0.4) is 0 Å². The molecule has 8 heteroatoms. The first-order valence-corrected chi connectivity index (χ1v) is 12.3. The number of nitrogens with zero attached hydrogens (tertiary/aromatic N) is 2. The van der Waals surface area contributed by atoms with Gasteiger partial charge in [-0.15, -0.1) is 0 Å². The number of esters is 1. The minimum atomic E-state index is -0.318. The zero-order valence-corrected chi connectivity index (χ0v) is 23.0. The third-order valence-electron chi connectivity index (χ3n) is 6.17. The van der Waals surface area contributed by atoms with Gasteiger partial charge in [-0.25, -0.2) is 4.98 Å². The van der Waals surface area contributed by atoms with Gasteiger partial charge in [-0.05, 0) is 76.4 Å². The monoisotopic (exact) mass is 507 g/mol. The molecule has 0 aliphatic rings. The zero-order chi connectivity index (χ0) is 27.3. The van der Waals surface area contributed by atoms with Crippen molar-refractivity contribution in [2.75, 3.05) is 14.2 Å². The van der Waals surface area contributed by atoms with Crippen LogP contribution in [0.2, 0.25) is 0 Å². The second-order valence-electron chi connectivity index (χ2n) is 10.1. The van der Waals surface area contributed by atoms with Gasteiger partial charge in [0.05, 0.1) is 30.8 Å². The third kappa shape index (κ3) is 6.50. The number of aromatic nitrogens is 3. The number of aryl methyl sites for hydroxylation is 3. The van der Waals surface area contributed by atoms with Gasteiger partial charge >= 0.3 is 5.97 Å². The molecule has 0 saturated heterocycles. The van der Waals surface area contributed by atoms with Gasteiger partial charge in [-0.3, -0.25) is 9.59 Å². The van der Waals surface area contributed by atoms with E-state index in [1.165, 1.54) is 12.7 Å². The van der Waals surface area contributed by atoms with Gasteiger partial charge in [-0.2, -0.15) is 0 Å². The molecule has 37 heavy (non-hydrogen) atoms. The summed E-state index contributed by atoms with van der Waals surface area (Å²) in [4.78, 5) is 29.9. The Bertz CT molecular complexity index is 1390. The first kappa shape index (κ1) is 27.8. The summed E-state index contributed by atoms with van der Waals surface area (Å²) >= 11 is 0. The van der Waals surface area contributed by atoms with Crippen molar-refractivity contribution in [1.82, 2.24) is 14.5 Å².